The van der Waals surface area contributed by atoms with Gasteiger partial charge in [-0.05, 0) is 18.4 Å². The SMILES string of the molecule is CCCCC(CC)COC(=O)CCSc1cc[nH]c(=O)c1Cl. The molecule has 0 aliphatic rings. The first-order valence-electron chi connectivity index (χ1n) is 7.74. The van der Waals surface area contributed by atoms with Crippen molar-refractivity contribution in [3.8, 4) is 0 Å². The Balaban J connectivity index is 2.28. The van der Waals surface area contributed by atoms with Gasteiger partial charge in [0.05, 0.1) is 13.0 Å². The fourth-order valence-corrected chi connectivity index (χ4v) is 3.13. The highest BCUT2D eigenvalue weighted by atomic mass is 35.5. The Hall–Kier alpha value is -0.940. The molecule has 0 aliphatic carbocycles. The van der Waals surface area contributed by atoms with E-state index in [-0.39, 0.29) is 16.6 Å². The molecule has 1 atom stereocenters. The monoisotopic (exact) mass is 345 g/mol. The first-order valence-corrected chi connectivity index (χ1v) is 9.10. The second kappa shape index (κ2) is 10.7. The van der Waals surface area contributed by atoms with Gasteiger partial charge in [-0.15, -0.1) is 11.8 Å². The van der Waals surface area contributed by atoms with Crippen LogP contribution in [0.25, 0.3) is 0 Å². The highest BCUT2D eigenvalue weighted by molar-refractivity contribution is 7.99. The standard InChI is InChI=1S/C16H24ClNO3S/c1-3-5-6-12(4-2)11-21-14(19)8-10-22-13-7-9-18-16(20)15(13)17/h7,9,12H,3-6,8,10-11H2,1-2H3,(H,18,20). The lowest BCUT2D eigenvalue weighted by Gasteiger charge is -2.14. The van der Waals surface area contributed by atoms with Gasteiger partial charge in [-0.2, -0.15) is 0 Å². The molecule has 0 spiro atoms. The molecule has 0 radical (unpaired) electrons. The maximum absolute atomic E-state index is 11.7. The first-order chi connectivity index (χ1) is 10.6. The first kappa shape index (κ1) is 19.1. The summed E-state index contributed by atoms with van der Waals surface area (Å²) in [6.07, 6.45) is 6.35. The molecule has 0 saturated carbocycles. The fraction of sp³-hybridized carbons (Fsp3) is 0.625. The van der Waals surface area contributed by atoms with Crippen LogP contribution >= 0.6 is 23.4 Å². The molecule has 22 heavy (non-hydrogen) atoms. The summed E-state index contributed by atoms with van der Waals surface area (Å²) in [6, 6.07) is 1.73. The minimum atomic E-state index is -0.309. The summed E-state index contributed by atoms with van der Waals surface area (Å²) < 4.78 is 5.33. The predicted molar refractivity (Wildman–Crippen MR) is 91.7 cm³/mol. The van der Waals surface area contributed by atoms with Crippen LogP contribution in [0.15, 0.2) is 22.0 Å². The normalized spacial score (nSPS) is 12.1. The van der Waals surface area contributed by atoms with Gasteiger partial charge in [-0.25, -0.2) is 0 Å². The van der Waals surface area contributed by atoms with Crippen molar-refractivity contribution in [2.75, 3.05) is 12.4 Å². The van der Waals surface area contributed by atoms with Crippen molar-refractivity contribution in [1.82, 2.24) is 4.98 Å². The van der Waals surface area contributed by atoms with Gasteiger partial charge in [-0.1, -0.05) is 44.7 Å². The maximum Gasteiger partial charge on any atom is 0.306 e. The molecule has 124 valence electrons. The van der Waals surface area contributed by atoms with E-state index < -0.39 is 0 Å². The van der Waals surface area contributed by atoms with Gasteiger partial charge in [0.1, 0.15) is 5.02 Å². The van der Waals surface area contributed by atoms with Gasteiger partial charge in [0.25, 0.3) is 5.56 Å². The van der Waals surface area contributed by atoms with Crippen molar-refractivity contribution in [1.29, 1.82) is 0 Å². The average molecular weight is 346 g/mol. The molecular formula is C16H24ClNO3S. The van der Waals surface area contributed by atoms with E-state index in [2.05, 4.69) is 18.8 Å². The summed E-state index contributed by atoms with van der Waals surface area (Å²) in [5.41, 5.74) is -0.309. The van der Waals surface area contributed by atoms with Crippen molar-refractivity contribution in [2.45, 2.75) is 50.8 Å². The summed E-state index contributed by atoms with van der Waals surface area (Å²) in [6.45, 7) is 4.79. The number of unbranched alkanes of at least 4 members (excludes halogenated alkanes) is 1. The highest BCUT2D eigenvalue weighted by Crippen LogP contribution is 2.24. The molecule has 0 bridgehead atoms. The van der Waals surface area contributed by atoms with Crippen molar-refractivity contribution in [2.24, 2.45) is 5.92 Å². The zero-order chi connectivity index (χ0) is 16.4. The Labute approximate surface area is 141 Å². The number of thioether (sulfide) groups is 1. The summed E-state index contributed by atoms with van der Waals surface area (Å²) in [5, 5.41) is 0.173. The average Bonchev–Trinajstić information content (AvgIpc) is 2.51. The zero-order valence-electron chi connectivity index (χ0n) is 13.2. The van der Waals surface area contributed by atoms with E-state index in [0.717, 1.165) is 19.3 Å². The van der Waals surface area contributed by atoms with E-state index in [1.165, 1.54) is 18.2 Å². The van der Waals surface area contributed by atoms with E-state index in [0.29, 0.717) is 29.6 Å². The Bertz CT molecular complexity index is 518. The van der Waals surface area contributed by atoms with Crippen molar-refractivity contribution >= 4 is 29.3 Å². The summed E-state index contributed by atoms with van der Waals surface area (Å²) in [5.74, 6) is 0.815. The molecule has 0 amide bonds. The highest BCUT2D eigenvalue weighted by Gasteiger charge is 2.11. The lowest BCUT2D eigenvalue weighted by Crippen LogP contribution is -2.14. The number of aromatic amines is 1. The summed E-state index contributed by atoms with van der Waals surface area (Å²) in [4.78, 5) is 26.3. The molecule has 0 fully saturated rings. The van der Waals surface area contributed by atoms with E-state index in [9.17, 15) is 9.59 Å². The fourth-order valence-electron chi connectivity index (χ4n) is 1.98. The second-order valence-electron chi connectivity index (χ2n) is 5.18. The number of carbonyl (C=O) groups is 1. The Morgan fingerprint density at radius 1 is 1.45 bits per heavy atom. The second-order valence-corrected chi connectivity index (χ2v) is 6.70. The molecule has 1 N–H and O–H groups in total. The van der Waals surface area contributed by atoms with Crippen LogP contribution in [0.5, 0.6) is 0 Å². The van der Waals surface area contributed by atoms with Gasteiger partial charge >= 0.3 is 5.97 Å². The number of esters is 1. The van der Waals surface area contributed by atoms with E-state index >= 15 is 0 Å². The van der Waals surface area contributed by atoms with E-state index in [1.807, 2.05) is 0 Å². The van der Waals surface area contributed by atoms with Crippen LogP contribution in [0.1, 0.15) is 46.0 Å². The molecule has 1 rings (SSSR count). The third-order valence-electron chi connectivity index (χ3n) is 3.45. The van der Waals surface area contributed by atoms with Crippen LogP contribution in [0, 0.1) is 5.92 Å². The molecule has 1 unspecified atom stereocenters. The van der Waals surface area contributed by atoms with Crippen LogP contribution in [-0.2, 0) is 9.53 Å². The molecule has 1 heterocycles. The molecule has 0 aliphatic heterocycles. The quantitative estimate of drug-likeness (QED) is 0.508. The smallest absolute Gasteiger partial charge is 0.306 e. The molecular weight excluding hydrogens is 322 g/mol. The van der Waals surface area contributed by atoms with Gasteiger partial charge in [-0.3, -0.25) is 9.59 Å². The number of carbonyl (C=O) groups excluding carboxylic acids is 1. The number of hydrogen-bond donors (Lipinski definition) is 1. The number of aromatic nitrogens is 1. The van der Waals surface area contributed by atoms with Gasteiger partial charge in [0.2, 0.25) is 0 Å². The zero-order valence-corrected chi connectivity index (χ0v) is 14.8. The molecule has 4 nitrogen and oxygen atoms in total. The van der Waals surface area contributed by atoms with Crippen LogP contribution in [0.4, 0.5) is 0 Å². The summed E-state index contributed by atoms with van der Waals surface area (Å²) in [7, 11) is 0. The number of halogens is 1. The predicted octanol–water partition coefficient (Wildman–Crippen LogP) is 4.27. The molecule has 1 aromatic rings. The Morgan fingerprint density at radius 2 is 2.23 bits per heavy atom. The van der Waals surface area contributed by atoms with Crippen LogP contribution in [0.2, 0.25) is 5.02 Å². The molecule has 1 aromatic heterocycles. The summed E-state index contributed by atoms with van der Waals surface area (Å²) >= 11 is 7.29. The number of ether oxygens (including phenoxy) is 1. The van der Waals surface area contributed by atoms with Gasteiger partial charge in [0, 0.05) is 16.8 Å². The number of H-pyrrole nitrogens is 1. The molecule has 6 heteroatoms. The number of rotatable bonds is 10. The van der Waals surface area contributed by atoms with Crippen LogP contribution < -0.4 is 5.56 Å². The minimum absolute atomic E-state index is 0.173. The van der Waals surface area contributed by atoms with Crippen molar-refractivity contribution in [3.63, 3.8) is 0 Å². The Kier molecular flexibility index (Phi) is 9.32. The largest absolute Gasteiger partial charge is 0.465 e. The van der Waals surface area contributed by atoms with Gasteiger partial charge in [0.15, 0.2) is 0 Å². The molecule has 0 saturated heterocycles. The Morgan fingerprint density at radius 3 is 2.91 bits per heavy atom. The van der Waals surface area contributed by atoms with E-state index in [4.69, 9.17) is 16.3 Å². The molecule has 0 aromatic carbocycles. The topological polar surface area (TPSA) is 59.2 Å². The lowest BCUT2D eigenvalue weighted by molar-refractivity contribution is -0.144. The maximum atomic E-state index is 11.7. The van der Waals surface area contributed by atoms with E-state index in [1.54, 1.807) is 12.3 Å². The van der Waals surface area contributed by atoms with Crippen LogP contribution in [-0.4, -0.2) is 23.3 Å². The lowest BCUT2D eigenvalue weighted by atomic mass is 10.0. The number of pyridine rings is 1. The van der Waals surface area contributed by atoms with Gasteiger partial charge < -0.3 is 9.72 Å². The number of nitrogens with one attached hydrogen (secondary N) is 1. The minimum Gasteiger partial charge on any atom is -0.465 e. The van der Waals surface area contributed by atoms with Crippen LogP contribution in [0.3, 0.4) is 0 Å². The third-order valence-corrected chi connectivity index (χ3v) is 5.00. The third kappa shape index (κ3) is 6.88. The number of hydrogen-bond acceptors (Lipinski definition) is 4. The van der Waals surface area contributed by atoms with Crippen molar-refractivity contribution in [3.05, 3.63) is 27.6 Å². The van der Waals surface area contributed by atoms with Crippen molar-refractivity contribution < 1.29 is 9.53 Å².